The van der Waals surface area contributed by atoms with Crippen molar-refractivity contribution in [3.8, 4) is 0 Å². The van der Waals surface area contributed by atoms with Gasteiger partial charge in [0.15, 0.2) is 0 Å². The van der Waals surface area contributed by atoms with E-state index >= 15 is 0 Å². The third-order valence-corrected chi connectivity index (χ3v) is 3.96. The van der Waals surface area contributed by atoms with Gasteiger partial charge in [-0.1, -0.05) is 0 Å². The molecule has 106 valence electrons. The Morgan fingerprint density at radius 3 is 2.50 bits per heavy atom. The Hall–Kier alpha value is -0.610. The molecule has 1 aliphatic carbocycles. The highest BCUT2D eigenvalue weighted by Crippen LogP contribution is 2.25. The molecule has 1 saturated carbocycles. The molecule has 3 N–H and O–H groups in total. The summed E-state index contributed by atoms with van der Waals surface area (Å²) in [7, 11) is 2.14. The number of carbonyl (C=O) groups is 1. The number of hydrogen-bond donors (Lipinski definition) is 2. The summed E-state index contributed by atoms with van der Waals surface area (Å²) in [6.07, 6.45) is 5.35. The predicted octanol–water partition coefficient (Wildman–Crippen LogP) is 1.49. The van der Waals surface area contributed by atoms with Gasteiger partial charge in [0, 0.05) is 12.1 Å². The molecule has 0 saturated heterocycles. The maximum Gasteiger partial charge on any atom is 0.237 e. The van der Waals surface area contributed by atoms with E-state index in [-0.39, 0.29) is 5.91 Å². The highest BCUT2D eigenvalue weighted by Gasteiger charge is 2.36. The Balaban J connectivity index is 2.27. The first-order valence-corrected chi connectivity index (χ1v) is 7.13. The fourth-order valence-electron chi connectivity index (χ4n) is 2.04. The van der Waals surface area contributed by atoms with Gasteiger partial charge >= 0.3 is 0 Å². The van der Waals surface area contributed by atoms with Crippen molar-refractivity contribution in [1.29, 1.82) is 0 Å². The molecule has 18 heavy (non-hydrogen) atoms. The summed E-state index contributed by atoms with van der Waals surface area (Å²) in [5.74, 6) is -0.216. The molecule has 0 aromatic rings. The second-order valence-electron chi connectivity index (χ2n) is 6.15. The molecule has 1 amide bonds. The fraction of sp³-hybridized carbons (Fsp3) is 0.929. The van der Waals surface area contributed by atoms with E-state index < -0.39 is 5.54 Å². The minimum absolute atomic E-state index is 0.216. The van der Waals surface area contributed by atoms with Crippen LogP contribution in [0.25, 0.3) is 0 Å². The molecule has 4 nitrogen and oxygen atoms in total. The largest absolute Gasteiger partial charge is 0.368 e. The molecule has 0 aromatic carbocycles. The van der Waals surface area contributed by atoms with E-state index in [1.54, 1.807) is 0 Å². The van der Waals surface area contributed by atoms with Crippen LogP contribution in [-0.2, 0) is 4.79 Å². The lowest BCUT2D eigenvalue weighted by Gasteiger charge is -2.28. The number of hydrogen-bond acceptors (Lipinski definition) is 3. The minimum Gasteiger partial charge on any atom is -0.368 e. The standard InChI is InChI=1S/C14H29N3O/c1-11(2)17(4)10-6-5-9-14(3,13(15)18)16-12-7-8-12/h11-12,16H,5-10H2,1-4H3,(H2,15,18). The van der Waals surface area contributed by atoms with E-state index in [0.717, 1.165) is 25.8 Å². The van der Waals surface area contributed by atoms with E-state index in [4.69, 9.17) is 5.73 Å². The van der Waals surface area contributed by atoms with Gasteiger partial charge < -0.3 is 16.0 Å². The van der Waals surface area contributed by atoms with Crippen molar-refractivity contribution in [2.75, 3.05) is 13.6 Å². The number of unbranched alkanes of at least 4 members (excludes halogenated alkanes) is 1. The first-order chi connectivity index (χ1) is 8.35. The zero-order chi connectivity index (χ0) is 13.8. The van der Waals surface area contributed by atoms with Crippen LogP contribution in [0.1, 0.15) is 52.9 Å². The van der Waals surface area contributed by atoms with Gasteiger partial charge in [-0.15, -0.1) is 0 Å². The van der Waals surface area contributed by atoms with Crippen molar-refractivity contribution < 1.29 is 4.79 Å². The van der Waals surface area contributed by atoms with Crippen molar-refractivity contribution in [2.45, 2.75) is 70.5 Å². The van der Waals surface area contributed by atoms with Crippen molar-refractivity contribution in [2.24, 2.45) is 5.73 Å². The lowest BCUT2D eigenvalue weighted by molar-refractivity contribution is -0.124. The Bertz CT molecular complexity index is 276. The summed E-state index contributed by atoms with van der Waals surface area (Å²) in [6.45, 7) is 7.42. The summed E-state index contributed by atoms with van der Waals surface area (Å²) in [4.78, 5) is 13.9. The number of rotatable bonds is 9. The van der Waals surface area contributed by atoms with Crippen LogP contribution in [0.15, 0.2) is 0 Å². The van der Waals surface area contributed by atoms with Gasteiger partial charge in [-0.3, -0.25) is 4.79 Å². The summed E-state index contributed by atoms with van der Waals surface area (Å²) in [6, 6.07) is 1.10. The van der Waals surface area contributed by atoms with Crippen LogP contribution in [0.4, 0.5) is 0 Å². The van der Waals surface area contributed by atoms with Crippen LogP contribution in [0.3, 0.4) is 0 Å². The average Bonchev–Trinajstić information content (AvgIpc) is 3.07. The van der Waals surface area contributed by atoms with E-state index in [1.807, 2.05) is 6.92 Å². The lowest BCUT2D eigenvalue weighted by Crippen LogP contribution is -2.54. The van der Waals surface area contributed by atoms with Gasteiger partial charge in [0.2, 0.25) is 5.91 Å². The topological polar surface area (TPSA) is 58.4 Å². The number of carbonyl (C=O) groups excluding carboxylic acids is 1. The second-order valence-corrected chi connectivity index (χ2v) is 6.15. The van der Waals surface area contributed by atoms with Gasteiger partial charge in [-0.05, 0) is 66.5 Å². The van der Waals surface area contributed by atoms with E-state index in [2.05, 4.69) is 31.1 Å². The van der Waals surface area contributed by atoms with Gasteiger partial charge in [0.05, 0.1) is 5.54 Å². The Morgan fingerprint density at radius 2 is 2.06 bits per heavy atom. The molecule has 0 radical (unpaired) electrons. The predicted molar refractivity (Wildman–Crippen MR) is 75.4 cm³/mol. The first kappa shape index (κ1) is 15.4. The number of amides is 1. The monoisotopic (exact) mass is 255 g/mol. The summed E-state index contributed by atoms with van der Waals surface area (Å²) < 4.78 is 0. The number of nitrogens with zero attached hydrogens (tertiary/aromatic N) is 1. The molecule has 0 spiro atoms. The molecule has 0 aromatic heterocycles. The lowest BCUT2D eigenvalue weighted by atomic mass is 9.93. The van der Waals surface area contributed by atoms with Crippen LogP contribution in [0.2, 0.25) is 0 Å². The van der Waals surface area contributed by atoms with Crippen LogP contribution >= 0.6 is 0 Å². The smallest absolute Gasteiger partial charge is 0.237 e. The third-order valence-electron chi connectivity index (χ3n) is 3.96. The molecule has 0 bridgehead atoms. The number of primary amides is 1. The molecule has 1 unspecified atom stereocenters. The molecule has 1 rings (SSSR count). The van der Waals surface area contributed by atoms with Crippen molar-refractivity contribution in [3.05, 3.63) is 0 Å². The molecule has 1 atom stereocenters. The van der Waals surface area contributed by atoms with E-state index in [1.165, 1.54) is 12.8 Å². The molecule has 4 heteroatoms. The summed E-state index contributed by atoms with van der Waals surface area (Å²) >= 11 is 0. The quantitative estimate of drug-likeness (QED) is 0.614. The zero-order valence-electron chi connectivity index (χ0n) is 12.3. The van der Waals surface area contributed by atoms with Crippen molar-refractivity contribution in [3.63, 3.8) is 0 Å². The average molecular weight is 255 g/mol. The van der Waals surface area contributed by atoms with Crippen LogP contribution < -0.4 is 11.1 Å². The molecular weight excluding hydrogens is 226 g/mol. The van der Waals surface area contributed by atoms with Crippen molar-refractivity contribution in [1.82, 2.24) is 10.2 Å². The Morgan fingerprint density at radius 1 is 1.44 bits per heavy atom. The van der Waals surface area contributed by atoms with Gasteiger partial charge in [0.25, 0.3) is 0 Å². The van der Waals surface area contributed by atoms with Crippen molar-refractivity contribution >= 4 is 5.91 Å². The maximum absolute atomic E-state index is 11.6. The zero-order valence-corrected chi connectivity index (χ0v) is 12.3. The Kier molecular flexibility index (Phi) is 5.60. The normalized spacial score (nSPS) is 19.2. The van der Waals surface area contributed by atoms with Gasteiger partial charge in [-0.25, -0.2) is 0 Å². The second kappa shape index (κ2) is 6.53. The molecule has 0 heterocycles. The molecule has 0 aliphatic heterocycles. The Labute approximate surface area is 111 Å². The highest BCUT2D eigenvalue weighted by molar-refractivity contribution is 5.84. The maximum atomic E-state index is 11.6. The fourth-order valence-corrected chi connectivity index (χ4v) is 2.04. The van der Waals surface area contributed by atoms with Crippen LogP contribution in [0.5, 0.6) is 0 Å². The summed E-state index contributed by atoms with van der Waals surface area (Å²) in [5, 5.41) is 3.39. The van der Waals surface area contributed by atoms with Gasteiger partial charge in [0.1, 0.15) is 0 Å². The third kappa shape index (κ3) is 4.94. The SMILES string of the molecule is CC(C)N(C)CCCCC(C)(NC1CC1)C(N)=O. The molecule has 1 aliphatic rings. The number of nitrogens with one attached hydrogen (secondary N) is 1. The van der Waals surface area contributed by atoms with Gasteiger partial charge in [-0.2, -0.15) is 0 Å². The molecule has 1 fully saturated rings. The number of nitrogens with two attached hydrogens (primary N) is 1. The summed E-state index contributed by atoms with van der Waals surface area (Å²) in [5.41, 5.74) is 5.01. The molecular formula is C14H29N3O. The van der Waals surface area contributed by atoms with E-state index in [0.29, 0.717) is 12.1 Å². The van der Waals surface area contributed by atoms with E-state index in [9.17, 15) is 4.79 Å². The highest BCUT2D eigenvalue weighted by atomic mass is 16.1. The van der Waals surface area contributed by atoms with Crippen LogP contribution in [-0.4, -0.2) is 42.0 Å². The first-order valence-electron chi connectivity index (χ1n) is 7.13. The minimum atomic E-state index is -0.516. The van der Waals surface area contributed by atoms with Crippen LogP contribution in [0, 0.1) is 0 Å².